The van der Waals surface area contributed by atoms with Gasteiger partial charge >= 0.3 is 12.1 Å². The molecule has 0 radical (unpaired) electrons. The van der Waals surface area contributed by atoms with Crippen LogP contribution in [-0.4, -0.2) is 17.3 Å². The van der Waals surface area contributed by atoms with Crippen LogP contribution in [-0.2, 0) is 6.11 Å². The topological polar surface area (TPSA) is 47.9 Å². The predicted octanol–water partition coefficient (Wildman–Crippen LogP) is 6.55. The molecule has 33 heavy (non-hydrogen) atoms. The van der Waals surface area contributed by atoms with Gasteiger partial charge in [-0.25, -0.2) is 8.78 Å². The molecule has 4 rings (SSSR count). The van der Waals surface area contributed by atoms with Crippen LogP contribution in [0.2, 0.25) is 0 Å². The normalized spacial score (nSPS) is 27.0. The fourth-order valence-electron chi connectivity index (χ4n) is 4.70. The van der Waals surface area contributed by atoms with Crippen LogP contribution in [0.4, 0.5) is 22.0 Å². The lowest BCUT2D eigenvalue weighted by atomic mass is 9.75. The molecule has 1 aliphatic heterocycles. The van der Waals surface area contributed by atoms with E-state index in [2.05, 4.69) is 4.74 Å². The number of alkyl halides is 3. The van der Waals surface area contributed by atoms with Crippen molar-refractivity contribution in [1.29, 1.82) is 0 Å². The summed E-state index contributed by atoms with van der Waals surface area (Å²) in [6.45, 7) is 3.04. The van der Waals surface area contributed by atoms with Gasteiger partial charge in [-0.05, 0) is 55.0 Å². The van der Waals surface area contributed by atoms with Crippen molar-refractivity contribution in [3.63, 3.8) is 0 Å². The number of aliphatic hydroxyl groups is 1. The SMILES string of the molecule is CCCC1CCC(c2cc(F)c(C(F)(F)Oc3ccc4c(c3)OC(C)(F)O4)c(F)c2)C(O)C1. The van der Waals surface area contributed by atoms with Crippen molar-refractivity contribution in [3.8, 4) is 17.2 Å². The number of rotatable bonds is 6. The first kappa shape index (κ1) is 23.6. The minimum Gasteiger partial charge on any atom is -0.429 e. The van der Waals surface area contributed by atoms with Crippen LogP contribution in [0.15, 0.2) is 30.3 Å². The molecule has 0 aromatic heterocycles. The van der Waals surface area contributed by atoms with Gasteiger partial charge in [0, 0.05) is 18.9 Å². The highest BCUT2D eigenvalue weighted by atomic mass is 19.3. The molecular weight excluding hydrogens is 447 g/mol. The van der Waals surface area contributed by atoms with Crippen LogP contribution in [0.5, 0.6) is 17.2 Å². The molecule has 2 aromatic carbocycles. The highest BCUT2D eigenvalue weighted by molar-refractivity contribution is 5.48. The average molecular weight is 472 g/mol. The maximum absolute atomic E-state index is 14.8. The zero-order valence-electron chi connectivity index (χ0n) is 18.2. The molecule has 0 bridgehead atoms. The van der Waals surface area contributed by atoms with Crippen LogP contribution in [0.3, 0.4) is 0 Å². The maximum Gasteiger partial charge on any atom is 0.432 e. The number of fused-ring (bicyclic) bond motifs is 1. The van der Waals surface area contributed by atoms with Gasteiger partial charge in [0.25, 0.3) is 0 Å². The monoisotopic (exact) mass is 472 g/mol. The minimum atomic E-state index is -4.36. The summed E-state index contributed by atoms with van der Waals surface area (Å²) in [7, 11) is 0. The van der Waals surface area contributed by atoms with Crippen LogP contribution in [0, 0.1) is 17.6 Å². The molecule has 0 spiro atoms. The summed E-state index contributed by atoms with van der Waals surface area (Å²) in [5, 5.41) is 10.5. The van der Waals surface area contributed by atoms with Gasteiger partial charge in [-0.1, -0.05) is 19.8 Å². The Morgan fingerprint density at radius 3 is 2.39 bits per heavy atom. The first-order chi connectivity index (χ1) is 15.5. The van der Waals surface area contributed by atoms with Crippen molar-refractivity contribution in [2.24, 2.45) is 5.92 Å². The van der Waals surface area contributed by atoms with E-state index in [1.165, 1.54) is 0 Å². The van der Waals surface area contributed by atoms with E-state index < -0.39 is 47.1 Å². The molecule has 4 atom stereocenters. The summed E-state index contributed by atoms with van der Waals surface area (Å²) in [5.41, 5.74) is -1.41. The van der Waals surface area contributed by atoms with Gasteiger partial charge in [0.1, 0.15) is 22.9 Å². The third kappa shape index (κ3) is 4.88. The molecule has 1 heterocycles. The average Bonchev–Trinajstić information content (AvgIpc) is 3.00. The largest absolute Gasteiger partial charge is 0.432 e. The van der Waals surface area contributed by atoms with Crippen molar-refractivity contribution in [3.05, 3.63) is 53.1 Å². The number of aliphatic hydroxyl groups excluding tert-OH is 1. The standard InChI is InChI=1S/C24H25F5O4/c1-3-4-13-5-7-16(19(30)9-13)14-10-17(25)22(18(26)11-14)24(28,29)31-15-6-8-20-21(12-15)33-23(2,27)32-20/h6,8,10-13,16,19,30H,3-5,7,9H2,1-2H3. The molecule has 2 aliphatic rings. The zero-order valence-corrected chi connectivity index (χ0v) is 18.2. The van der Waals surface area contributed by atoms with Crippen LogP contribution in [0.25, 0.3) is 0 Å². The van der Waals surface area contributed by atoms with Crippen molar-refractivity contribution in [2.45, 2.75) is 70.1 Å². The number of benzene rings is 2. The summed E-state index contributed by atoms with van der Waals surface area (Å²) in [6.07, 6.45) is -1.41. The Balaban J connectivity index is 1.54. The van der Waals surface area contributed by atoms with Gasteiger partial charge < -0.3 is 19.3 Å². The maximum atomic E-state index is 14.8. The second-order valence-corrected chi connectivity index (χ2v) is 8.77. The lowest BCUT2D eigenvalue weighted by Gasteiger charge is -2.33. The van der Waals surface area contributed by atoms with Gasteiger partial charge in [-0.3, -0.25) is 0 Å². The molecular formula is C24H25F5O4. The fraction of sp³-hybridized carbons (Fsp3) is 0.500. The molecule has 4 nitrogen and oxygen atoms in total. The van der Waals surface area contributed by atoms with Crippen molar-refractivity contribution in [2.75, 3.05) is 0 Å². The summed E-state index contributed by atoms with van der Waals surface area (Å²) < 4.78 is 87.0. The quantitative estimate of drug-likeness (QED) is 0.484. The molecule has 4 unspecified atom stereocenters. The summed E-state index contributed by atoms with van der Waals surface area (Å²) in [4.78, 5) is 0. The van der Waals surface area contributed by atoms with Crippen LogP contribution >= 0.6 is 0 Å². The summed E-state index contributed by atoms with van der Waals surface area (Å²) in [5.74, 6) is -3.85. The molecule has 9 heteroatoms. The molecule has 1 aliphatic carbocycles. The van der Waals surface area contributed by atoms with E-state index in [-0.39, 0.29) is 17.1 Å². The Labute approximate surface area is 188 Å². The second kappa shape index (κ2) is 8.66. The van der Waals surface area contributed by atoms with E-state index in [9.17, 15) is 27.1 Å². The van der Waals surface area contributed by atoms with Crippen LogP contribution < -0.4 is 14.2 Å². The van der Waals surface area contributed by atoms with E-state index in [4.69, 9.17) is 9.47 Å². The van der Waals surface area contributed by atoms with E-state index in [1.54, 1.807) is 0 Å². The summed E-state index contributed by atoms with van der Waals surface area (Å²) in [6, 6.07) is 2.35. The Bertz CT molecular complexity index is 1000. The molecule has 1 saturated carbocycles. The molecule has 1 fully saturated rings. The van der Waals surface area contributed by atoms with E-state index in [1.807, 2.05) is 6.92 Å². The first-order valence-corrected chi connectivity index (χ1v) is 10.9. The van der Waals surface area contributed by atoms with Crippen LogP contribution in [0.1, 0.15) is 63.0 Å². The Morgan fingerprint density at radius 1 is 1.09 bits per heavy atom. The molecule has 2 aromatic rings. The molecule has 0 amide bonds. The Kier molecular flexibility index (Phi) is 6.20. The molecule has 1 N–H and O–H groups in total. The Hall–Kier alpha value is -2.55. The van der Waals surface area contributed by atoms with Gasteiger partial charge in [-0.15, -0.1) is 0 Å². The third-order valence-corrected chi connectivity index (χ3v) is 6.15. The Morgan fingerprint density at radius 2 is 1.76 bits per heavy atom. The van der Waals surface area contributed by atoms with Gasteiger partial charge in [0.2, 0.25) is 0 Å². The number of hydrogen-bond donors (Lipinski definition) is 1. The fourth-order valence-corrected chi connectivity index (χ4v) is 4.70. The van der Waals surface area contributed by atoms with Gasteiger partial charge in [0.05, 0.1) is 6.10 Å². The van der Waals surface area contributed by atoms with Gasteiger partial charge in [0.15, 0.2) is 11.5 Å². The van der Waals surface area contributed by atoms with Crippen molar-refractivity contribution >= 4 is 0 Å². The lowest BCUT2D eigenvalue weighted by Crippen LogP contribution is -2.29. The first-order valence-electron chi connectivity index (χ1n) is 10.9. The number of halogens is 5. The highest BCUT2D eigenvalue weighted by Crippen LogP contribution is 2.45. The summed E-state index contributed by atoms with van der Waals surface area (Å²) >= 11 is 0. The minimum absolute atomic E-state index is 0.0235. The number of ether oxygens (including phenoxy) is 3. The van der Waals surface area contributed by atoms with E-state index >= 15 is 0 Å². The predicted molar refractivity (Wildman–Crippen MR) is 109 cm³/mol. The van der Waals surface area contributed by atoms with Crippen molar-refractivity contribution < 1.29 is 41.3 Å². The van der Waals surface area contributed by atoms with E-state index in [0.29, 0.717) is 18.8 Å². The highest BCUT2D eigenvalue weighted by Gasteiger charge is 2.43. The number of hydrogen-bond acceptors (Lipinski definition) is 4. The van der Waals surface area contributed by atoms with Gasteiger partial charge in [-0.2, -0.15) is 13.2 Å². The second-order valence-electron chi connectivity index (χ2n) is 8.77. The zero-order chi connectivity index (χ0) is 24.0. The van der Waals surface area contributed by atoms with E-state index in [0.717, 1.165) is 56.5 Å². The smallest absolute Gasteiger partial charge is 0.429 e. The molecule has 0 saturated heterocycles. The third-order valence-electron chi connectivity index (χ3n) is 6.15. The lowest BCUT2D eigenvalue weighted by molar-refractivity contribution is -0.189. The molecule has 180 valence electrons. The van der Waals surface area contributed by atoms with Crippen molar-refractivity contribution in [1.82, 2.24) is 0 Å².